The molecule has 1 saturated carbocycles. The number of carboxylic acids is 1. The predicted octanol–water partition coefficient (Wildman–Crippen LogP) is 2.73. The minimum absolute atomic E-state index is 0.0550. The van der Waals surface area contributed by atoms with Gasteiger partial charge >= 0.3 is 5.97 Å². The highest BCUT2D eigenvalue weighted by atomic mass is 16.5. The van der Waals surface area contributed by atoms with Crippen molar-refractivity contribution in [1.29, 1.82) is 0 Å². The largest absolute Gasteiger partial charge is 0.482 e. The number of aromatic nitrogens is 2. The van der Waals surface area contributed by atoms with E-state index >= 15 is 0 Å². The molecule has 0 saturated heterocycles. The number of nitrogens with zero attached hydrogens (tertiary/aromatic N) is 3. The molecule has 7 nitrogen and oxygen atoms in total. The Morgan fingerprint density at radius 2 is 1.92 bits per heavy atom. The predicted molar refractivity (Wildman–Crippen MR) is 95.1 cm³/mol. The summed E-state index contributed by atoms with van der Waals surface area (Å²) >= 11 is 0. The number of hydrogen-bond acceptors (Lipinski definition) is 4. The van der Waals surface area contributed by atoms with Crippen LogP contribution in [0.15, 0.2) is 36.5 Å². The Bertz CT molecular complexity index is 763. The number of aliphatic carboxylic acids is 1. The molecule has 138 valence electrons. The van der Waals surface area contributed by atoms with Crippen LogP contribution in [0.4, 0.5) is 0 Å². The molecule has 0 bridgehead atoms. The van der Waals surface area contributed by atoms with Crippen LogP contribution in [-0.2, 0) is 11.3 Å². The number of carbonyl (C=O) groups is 2. The molecule has 1 aromatic carbocycles. The molecule has 1 heterocycles. The molecule has 2 aromatic rings. The lowest BCUT2D eigenvalue weighted by Crippen LogP contribution is -2.29. The number of carboxylic acid groups (broad SMARTS) is 1. The molecule has 1 amide bonds. The number of carbonyl (C=O) groups excluding carboxylic acids is 1. The summed E-state index contributed by atoms with van der Waals surface area (Å²) in [5.74, 6) is -0.580. The maximum atomic E-state index is 12.8. The van der Waals surface area contributed by atoms with Crippen molar-refractivity contribution < 1.29 is 19.4 Å². The molecule has 0 spiro atoms. The summed E-state index contributed by atoms with van der Waals surface area (Å²) in [7, 11) is 1.77. The summed E-state index contributed by atoms with van der Waals surface area (Å²) < 4.78 is 6.98. The average Bonchev–Trinajstić information content (AvgIpc) is 3.31. The van der Waals surface area contributed by atoms with Crippen molar-refractivity contribution in [2.24, 2.45) is 0 Å². The summed E-state index contributed by atoms with van der Waals surface area (Å²) in [5, 5.41) is 13.0. The SMILES string of the molecule is CN(Cc1ccc(OCC(=O)O)cc1)C(=O)c1ccnn1C1CCCC1. The van der Waals surface area contributed by atoms with Gasteiger partial charge in [-0.15, -0.1) is 0 Å². The van der Waals surface area contributed by atoms with Gasteiger partial charge in [0.15, 0.2) is 6.61 Å². The summed E-state index contributed by atoms with van der Waals surface area (Å²) in [6.07, 6.45) is 6.20. The highest BCUT2D eigenvalue weighted by Crippen LogP contribution is 2.30. The molecule has 1 aliphatic rings. The smallest absolute Gasteiger partial charge is 0.341 e. The van der Waals surface area contributed by atoms with Crippen molar-refractivity contribution in [2.45, 2.75) is 38.3 Å². The average molecular weight is 357 g/mol. The number of rotatable bonds is 7. The lowest BCUT2D eigenvalue weighted by molar-refractivity contribution is -0.139. The van der Waals surface area contributed by atoms with Crippen LogP contribution in [-0.4, -0.2) is 45.3 Å². The molecule has 1 N–H and O–H groups in total. The summed E-state index contributed by atoms with van der Waals surface area (Å²) in [5.41, 5.74) is 1.57. The fraction of sp³-hybridized carbons (Fsp3) is 0.421. The molecule has 1 fully saturated rings. The minimum atomic E-state index is -1.02. The van der Waals surface area contributed by atoms with Crippen molar-refractivity contribution in [3.05, 3.63) is 47.8 Å². The van der Waals surface area contributed by atoms with E-state index in [2.05, 4.69) is 5.10 Å². The van der Waals surface area contributed by atoms with Gasteiger partial charge in [-0.05, 0) is 36.6 Å². The standard InChI is InChI=1S/C19H23N3O4/c1-21(12-14-6-8-16(9-7-14)26-13-18(23)24)19(25)17-10-11-20-22(17)15-4-2-3-5-15/h6-11,15H,2-5,12-13H2,1H3,(H,23,24). The van der Waals surface area contributed by atoms with E-state index < -0.39 is 5.97 Å². The Hall–Kier alpha value is -2.83. The van der Waals surface area contributed by atoms with Crippen LogP contribution < -0.4 is 4.74 Å². The molecule has 7 heteroatoms. The van der Waals surface area contributed by atoms with Crippen LogP contribution in [0.1, 0.15) is 47.8 Å². The van der Waals surface area contributed by atoms with Gasteiger partial charge in [0.2, 0.25) is 0 Å². The second-order valence-electron chi connectivity index (χ2n) is 6.59. The minimum Gasteiger partial charge on any atom is -0.482 e. The summed E-state index contributed by atoms with van der Waals surface area (Å²) in [6.45, 7) is 0.0801. The molecule has 26 heavy (non-hydrogen) atoms. The van der Waals surface area contributed by atoms with Crippen molar-refractivity contribution in [3.63, 3.8) is 0 Å². The van der Waals surface area contributed by atoms with Gasteiger partial charge in [0.1, 0.15) is 11.4 Å². The van der Waals surface area contributed by atoms with Crippen molar-refractivity contribution in [1.82, 2.24) is 14.7 Å². The topological polar surface area (TPSA) is 84.7 Å². The number of ether oxygens (including phenoxy) is 1. The zero-order valence-corrected chi connectivity index (χ0v) is 14.8. The van der Waals surface area contributed by atoms with Gasteiger partial charge in [-0.3, -0.25) is 9.48 Å². The molecule has 0 unspecified atom stereocenters. The van der Waals surface area contributed by atoms with Crippen LogP contribution in [0.2, 0.25) is 0 Å². The van der Waals surface area contributed by atoms with E-state index in [1.54, 1.807) is 36.3 Å². The first kappa shape index (κ1) is 18.0. The highest BCUT2D eigenvalue weighted by molar-refractivity contribution is 5.92. The summed E-state index contributed by atoms with van der Waals surface area (Å²) in [4.78, 5) is 25.0. The van der Waals surface area contributed by atoms with E-state index in [-0.39, 0.29) is 12.5 Å². The van der Waals surface area contributed by atoms with Crippen LogP contribution >= 0.6 is 0 Å². The number of amides is 1. The Labute approximate surface area is 152 Å². The molecule has 1 aliphatic carbocycles. The first-order valence-electron chi connectivity index (χ1n) is 8.77. The molecule has 3 rings (SSSR count). The van der Waals surface area contributed by atoms with E-state index in [0.717, 1.165) is 18.4 Å². The van der Waals surface area contributed by atoms with Crippen LogP contribution in [0.5, 0.6) is 5.75 Å². The maximum absolute atomic E-state index is 12.8. The quantitative estimate of drug-likeness (QED) is 0.824. The molecule has 1 aromatic heterocycles. The molecule has 0 radical (unpaired) electrons. The highest BCUT2D eigenvalue weighted by Gasteiger charge is 2.24. The van der Waals surface area contributed by atoms with Crippen LogP contribution in [0.3, 0.4) is 0 Å². The zero-order valence-electron chi connectivity index (χ0n) is 14.8. The third-order valence-electron chi connectivity index (χ3n) is 4.61. The third kappa shape index (κ3) is 4.22. The maximum Gasteiger partial charge on any atom is 0.341 e. The fourth-order valence-corrected chi connectivity index (χ4v) is 3.30. The Morgan fingerprint density at radius 3 is 2.58 bits per heavy atom. The first-order valence-corrected chi connectivity index (χ1v) is 8.77. The fourth-order valence-electron chi connectivity index (χ4n) is 3.30. The first-order chi connectivity index (χ1) is 12.5. The van der Waals surface area contributed by atoms with Gasteiger partial charge in [0.05, 0.1) is 6.04 Å². The van der Waals surface area contributed by atoms with Crippen LogP contribution in [0, 0.1) is 0 Å². The van der Waals surface area contributed by atoms with Gasteiger partial charge in [0, 0.05) is 19.8 Å². The van der Waals surface area contributed by atoms with E-state index in [1.165, 1.54) is 12.8 Å². The normalized spacial score (nSPS) is 14.3. The Balaban J connectivity index is 1.62. The van der Waals surface area contributed by atoms with Crippen molar-refractivity contribution in [2.75, 3.05) is 13.7 Å². The second kappa shape index (κ2) is 8.03. The van der Waals surface area contributed by atoms with Crippen molar-refractivity contribution in [3.8, 4) is 5.75 Å². The summed E-state index contributed by atoms with van der Waals surface area (Å²) in [6, 6.07) is 9.17. The van der Waals surface area contributed by atoms with Gasteiger partial charge in [-0.1, -0.05) is 25.0 Å². The second-order valence-corrected chi connectivity index (χ2v) is 6.59. The van der Waals surface area contributed by atoms with Gasteiger partial charge in [-0.2, -0.15) is 5.10 Å². The molecule has 0 aliphatic heterocycles. The van der Waals surface area contributed by atoms with Gasteiger partial charge < -0.3 is 14.7 Å². The Kier molecular flexibility index (Phi) is 5.55. The van der Waals surface area contributed by atoms with E-state index in [4.69, 9.17) is 9.84 Å². The van der Waals surface area contributed by atoms with Crippen molar-refractivity contribution >= 4 is 11.9 Å². The van der Waals surface area contributed by atoms with E-state index in [9.17, 15) is 9.59 Å². The molecular formula is C19H23N3O4. The lowest BCUT2D eigenvalue weighted by Gasteiger charge is -2.20. The van der Waals surface area contributed by atoms with Crippen LogP contribution in [0.25, 0.3) is 0 Å². The number of hydrogen-bond donors (Lipinski definition) is 1. The lowest BCUT2D eigenvalue weighted by atomic mass is 10.2. The molecule has 0 atom stereocenters. The monoisotopic (exact) mass is 357 g/mol. The number of benzene rings is 1. The van der Waals surface area contributed by atoms with Gasteiger partial charge in [0.25, 0.3) is 5.91 Å². The Morgan fingerprint density at radius 1 is 1.23 bits per heavy atom. The zero-order chi connectivity index (χ0) is 18.5. The van der Waals surface area contributed by atoms with E-state index in [0.29, 0.717) is 24.0 Å². The molecular weight excluding hydrogens is 334 g/mol. The van der Waals surface area contributed by atoms with E-state index in [1.807, 2.05) is 16.8 Å². The van der Waals surface area contributed by atoms with Gasteiger partial charge in [-0.25, -0.2) is 4.79 Å². The third-order valence-corrected chi connectivity index (χ3v) is 4.61.